The van der Waals surface area contributed by atoms with Gasteiger partial charge in [-0.3, -0.25) is 14.2 Å². The van der Waals surface area contributed by atoms with E-state index < -0.39 is 5.97 Å². The number of carboxylic acid groups (broad SMARTS) is 1. The van der Waals surface area contributed by atoms with E-state index in [9.17, 15) is 9.59 Å². The molecule has 0 saturated heterocycles. The van der Waals surface area contributed by atoms with Gasteiger partial charge in [-0.05, 0) is 18.6 Å². The minimum atomic E-state index is -0.870. The van der Waals surface area contributed by atoms with Crippen LogP contribution >= 0.6 is 0 Å². The SMILES string of the molecule is O=C(O)CCCNC(=O)c1ccc(-n2ccnc2)nc1. The van der Waals surface area contributed by atoms with Gasteiger partial charge in [0.2, 0.25) is 0 Å². The number of carbonyl (C=O) groups is 2. The molecule has 0 aliphatic heterocycles. The van der Waals surface area contributed by atoms with Gasteiger partial charge in [0, 0.05) is 31.6 Å². The molecule has 0 saturated carbocycles. The zero-order chi connectivity index (χ0) is 14.4. The number of carboxylic acids is 1. The van der Waals surface area contributed by atoms with E-state index in [1.807, 2.05) is 0 Å². The number of amides is 1. The first-order chi connectivity index (χ1) is 9.66. The number of nitrogens with zero attached hydrogens (tertiary/aromatic N) is 3. The van der Waals surface area contributed by atoms with E-state index in [4.69, 9.17) is 5.11 Å². The third-order valence-corrected chi connectivity index (χ3v) is 2.63. The van der Waals surface area contributed by atoms with Crippen molar-refractivity contribution in [3.05, 3.63) is 42.6 Å². The second-order valence-corrected chi connectivity index (χ2v) is 4.13. The number of aromatic nitrogens is 3. The molecular weight excluding hydrogens is 260 g/mol. The minimum absolute atomic E-state index is 0.0398. The Hall–Kier alpha value is -2.70. The Labute approximate surface area is 115 Å². The number of hydrogen-bond donors (Lipinski definition) is 2. The number of nitrogens with one attached hydrogen (secondary N) is 1. The summed E-state index contributed by atoms with van der Waals surface area (Å²) in [6.07, 6.45) is 6.94. The third kappa shape index (κ3) is 3.64. The maximum atomic E-state index is 11.8. The molecule has 0 atom stereocenters. The van der Waals surface area contributed by atoms with Crippen LogP contribution in [-0.4, -0.2) is 38.1 Å². The second-order valence-electron chi connectivity index (χ2n) is 4.13. The van der Waals surface area contributed by atoms with Gasteiger partial charge in [-0.15, -0.1) is 0 Å². The summed E-state index contributed by atoms with van der Waals surface area (Å²) in [4.78, 5) is 30.2. The van der Waals surface area contributed by atoms with Crippen molar-refractivity contribution in [1.82, 2.24) is 19.9 Å². The van der Waals surface area contributed by atoms with E-state index in [1.54, 1.807) is 35.4 Å². The highest BCUT2D eigenvalue weighted by Crippen LogP contribution is 2.05. The highest BCUT2D eigenvalue weighted by molar-refractivity contribution is 5.93. The van der Waals surface area contributed by atoms with E-state index in [-0.39, 0.29) is 12.3 Å². The first kappa shape index (κ1) is 13.7. The second kappa shape index (κ2) is 6.46. The summed E-state index contributed by atoms with van der Waals surface area (Å²) in [6, 6.07) is 3.38. The van der Waals surface area contributed by atoms with Crippen LogP contribution in [0.25, 0.3) is 5.82 Å². The Bertz CT molecular complexity index is 578. The van der Waals surface area contributed by atoms with Gasteiger partial charge in [0.05, 0.1) is 5.56 Å². The first-order valence-electron chi connectivity index (χ1n) is 6.11. The Morgan fingerprint density at radius 3 is 2.80 bits per heavy atom. The number of carbonyl (C=O) groups excluding carboxylic acids is 1. The zero-order valence-corrected chi connectivity index (χ0v) is 10.7. The van der Waals surface area contributed by atoms with Crippen molar-refractivity contribution in [2.45, 2.75) is 12.8 Å². The molecular formula is C13H14N4O3. The smallest absolute Gasteiger partial charge is 0.303 e. The van der Waals surface area contributed by atoms with Crippen LogP contribution in [0.4, 0.5) is 0 Å². The van der Waals surface area contributed by atoms with Crippen LogP contribution in [0.2, 0.25) is 0 Å². The van der Waals surface area contributed by atoms with Crippen LogP contribution in [0.5, 0.6) is 0 Å². The molecule has 2 heterocycles. The molecule has 2 rings (SSSR count). The molecule has 0 aliphatic rings. The van der Waals surface area contributed by atoms with Gasteiger partial charge in [0.1, 0.15) is 12.1 Å². The average molecular weight is 274 g/mol. The molecule has 0 bridgehead atoms. The predicted molar refractivity (Wildman–Crippen MR) is 70.6 cm³/mol. The fraction of sp³-hybridized carbons (Fsp3) is 0.231. The van der Waals surface area contributed by atoms with Crippen LogP contribution < -0.4 is 5.32 Å². The van der Waals surface area contributed by atoms with Gasteiger partial charge in [0.25, 0.3) is 5.91 Å². The summed E-state index contributed by atoms with van der Waals surface area (Å²) < 4.78 is 1.73. The molecule has 0 aromatic carbocycles. The standard InChI is InChI=1S/C13H14N4O3/c18-12(19)2-1-5-15-13(20)10-3-4-11(16-8-10)17-7-6-14-9-17/h3-4,6-9H,1-2,5H2,(H,15,20)(H,18,19). The minimum Gasteiger partial charge on any atom is -0.481 e. The number of aliphatic carboxylic acids is 1. The third-order valence-electron chi connectivity index (χ3n) is 2.63. The molecule has 0 aliphatic carbocycles. The molecule has 0 unspecified atom stereocenters. The Balaban J connectivity index is 1.89. The van der Waals surface area contributed by atoms with Gasteiger partial charge >= 0.3 is 5.97 Å². The van der Waals surface area contributed by atoms with Crippen molar-refractivity contribution in [1.29, 1.82) is 0 Å². The lowest BCUT2D eigenvalue weighted by Crippen LogP contribution is -2.25. The molecule has 2 aromatic heterocycles. The number of pyridine rings is 1. The van der Waals surface area contributed by atoms with Crippen LogP contribution in [0.1, 0.15) is 23.2 Å². The highest BCUT2D eigenvalue weighted by atomic mass is 16.4. The van der Waals surface area contributed by atoms with E-state index in [0.717, 1.165) is 0 Å². The molecule has 2 aromatic rings. The fourth-order valence-electron chi connectivity index (χ4n) is 1.61. The van der Waals surface area contributed by atoms with Crippen LogP contribution in [-0.2, 0) is 4.79 Å². The van der Waals surface area contributed by atoms with Gasteiger partial charge in [0.15, 0.2) is 0 Å². The van der Waals surface area contributed by atoms with Crippen LogP contribution in [0.3, 0.4) is 0 Å². The fourth-order valence-corrected chi connectivity index (χ4v) is 1.61. The number of imidazole rings is 1. The molecule has 7 heteroatoms. The first-order valence-corrected chi connectivity index (χ1v) is 6.11. The van der Waals surface area contributed by atoms with Crippen molar-refractivity contribution in [2.24, 2.45) is 0 Å². The van der Waals surface area contributed by atoms with Crippen LogP contribution in [0.15, 0.2) is 37.1 Å². The van der Waals surface area contributed by atoms with Crippen molar-refractivity contribution in [3.8, 4) is 5.82 Å². The summed E-state index contributed by atoms with van der Waals surface area (Å²) in [6.45, 7) is 0.328. The van der Waals surface area contributed by atoms with Crippen LogP contribution in [0, 0.1) is 0 Å². The molecule has 0 spiro atoms. The Morgan fingerprint density at radius 1 is 1.35 bits per heavy atom. The molecule has 20 heavy (non-hydrogen) atoms. The summed E-state index contributed by atoms with van der Waals surface area (Å²) in [5.74, 6) is -0.462. The van der Waals surface area contributed by atoms with Crippen molar-refractivity contribution >= 4 is 11.9 Å². The average Bonchev–Trinajstić information content (AvgIpc) is 2.97. The van der Waals surface area contributed by atoms with E-state index in [1.165, 1.54) is 6.20 Å². The lowest BCUT2D eigenvalue weighted by atomic mass is 10.2. The normalized spacial score (nSPS) is 10.2. The van der Waals surface area contributed by atoms with Crippen molar-refractivity contribution < 1.29 is 14.7 Å². The molecule has 104 valence electrons. The highest BCUT2D eigenvalue weighted by Gasteiger charge is 2.06. The number of hydrogen-bond acceptors (Lipinski definition) is 4. The van der Waals surface area contributed by atoms with Gasteiger partial charge in [-0.1, -0.05) is 0 Å². The monoisotopic (exact) mass is 274 g/mol. The van der Waals surface area contributed by atoms with Gasteiger partial charge in [-0.2, -0.15) is 0 Å². The quantitative estimate of drug-likeness (QED) is 0.761. The van der Waals surface area contributed by atoms with E-state index in [2.05, 4.69) is 15.3 Å². The maximum absolute atomic E-state index is 11.8. The summed E-state index contributed by atoms with van der Waals surface area (Å²) in [5.41, 5.74) is 0.434. The van der Waals surface area contributed by atoms with Gasteiger partial charge < -0.3 is 10.4 Å². The largest absolute Gasteiger partial charge is 0.481 e. The molecule has 2 N–H and O–H groups in total. The maximum Gasteiger partial charge on any atom is 0.303 e. The zero-order valence-electron chi connectivity index (χ0n) is 10.7. The van der Waals surface area contributed by atoms with E-state index >= 15 is 0 Å². The number of rotatable bonds is 6. The lowest BCUT2D eigenvalue weighted by Gasteiger charge is -2.05. The van der Waals surface area contributed by atoms with E-state index in [0.29, 0.717) is 24.3 Å². The summed E-state index contributed by atoms with van der Waals surface area (Å²) in [7, 11) is 0. The van der Waals surface area contributed by atoms with Crippen molar-refractivity contribution in [2.75, 3.05) is 6.54 Å². The molecule has 0 radical (unpaired) electrons. The lowest BCUT2D eigenvalue weighted by molar-refractivity contribution is -0.137. The Kier molecular flexibility index (Phi) is 4.43. The molecule has 0 fully saturated rings. The topological polar surface area (TPSA) is 97.1 Å². The summed E-state index contributed by atoms with van der Waals surface area (Å²) >= 11 is 0. The molecule has 7 nitrogen and oxygen atoms in total. The predicted octanol–water partition coefficient (Wildman–Crippen LogP) is 0.862. The van der Waals surface area contributed by atoms with Gasteiger partial charge in [-0.25, -0.2) is 9.97 Å². The Morgan fingerprint density at radius 2 is 2.20 bits per heavy atom. The summed E-state index contributed by atoms with van der Waals surface area (Å²) in [5, 5.41) is 11.1. The van der Waals surface area contributed by atoms with Crippen molar-refractivity contribution in [3.63, 3.8) is 0 Å². The molecule has 1 amide bonds.